The molecule has 3 rings (SSSR count). The lowest BCUT2D eigenvalue weighted by Crippen LogP contribution is -2.12. The maximum atomic E-state index is 10.3. The fourth-order valence-electron chi connectivity index (χ4n) is 1.16. The minimum absolute atomic E-state index is 0.194. The molecule has 16 heavy (non-hydrogen) atoms. The molecule has 5 nitrogen and oxygen atoms in total. The van der Waals surface area contributed by atoms with Crippen LogP contribution in [0.5, 0.6) is 0 Å². The Morgan fingerprint density at radius 1 is 1.31 bits per heavy atom. The van der Waals surface area contributed by atoms with Gasteiger partial charge in [0.2, 0.25) is 0 Å². The Balaban J connectivity index is 0.000000125. The second kappa shape index (κ2) is 4.71. The molecule has 1 aromatic carbocycles. The fourth-order valence-corrected chi connectivity index (χ4v) is 1.64. The summed E-state index contributed by atoms with van der Waals surface area (Å²) in [4.78, 5) is 3.53. The molecule has 1 aliphatic rings. The van der Waals surface area contributed by atoms with Crippen molar-refractivity contribution in [1.82, 2.24) is 10.2 Å². The number of hydrogen-bond donors (Lipinski definition) is 2. The molecule has 1 unspecified atom stereocenters. The summed E-state index contributed by atoms with van der Waals surface area (Å²) >= 11 is 0. The molecule has 1 aromatic heterocycles. The first-order chi connectivity index (χ1) is 7.77. The van der Waals surface area contributed by atoms with Crippen LogP contribution < -0.4 is 5.73 Å². The molecule has 0 amide bonds. The summed E-state index contributed by atoms with van der Waals surface area (Å²) in [6.07, 6.45) is 3.25. The zero-order chi connectivity index (χ0) is 11.4. The maximum absolute atomic E-state index is 10.3. The van der Waals surface area contributed by atoms with Gasteiger partial charge in [-0.2, -0.15) is 5.10 Å². The number of aromatic nitrogens is 2. The lowest BCUT2D eigenvalue weighted by molar-refractivity contribution is 0.694. The van der Waals surface area contributed by atoms with Crippen molar-refractivity contribution in [3.8, 4) is 0 Å². The Hall–Kier alpha value is -1.95. The van der Waals surface area contributed by atoms with E-state index in [4.69, 9.17) is 5.73 Å². The zero-order valence-corrected chi connectivity index (χ0v) is 9.15. The molecule has 2 aromatic rings. The van der Waals surface area contributed by atoms with Crippen LogP contribution in [0, 0.1) is 0 Å². The number of rotatable bonds is 0. The normalized spacial score (nSPS) is 18.0. The van der Waals surface area contributed by atoms with Crippen LogP contribution in [0.1, 0.15) is 0 Å². The van der Waals surface area contributed by atoms with E-state index < -0.39 is 10.8 Å². The van der Waals surface area contributed by atoms with Gasteiger partial charge in [-0.15, -0.1) is 0 Å². The van der Waals surface area contributed by atoms with Gasteiger partial charge < -0.3 is 5.73 Å². The summed E-state index contributed by atoms with van der Waals surface area (Å²) < 4.78 is 10.3. The number of benzene rings is 1. The number of nitrogens with zero attached hydrogens (tertiary/aromatic N) is 2. The smallest absolute Gasteiger partial charge is 0.194 e. The van der Waals surface area contributed by atoms with Crippen LogP contribution in [0.4, 0.5) is 0 Å². The second-order valence-electron chi connectivity index (χ2n) is 3.01. The van der Waals surface area contributed by atoms with Gasteiger partial charge in [-0.3, -0.25) is 5.10 Å². The minimum Gasteiger partial charge on any atom is -0.376 e. The van der Waals surface area contributed by atoms with Gasteiger partial charge in [0.25, 0.3) is 0 Å². The van der Waals surface area contributed by atoms with E-state index in [9.17, 15) is 4.21 Å². The van der Waals surface area contributed by atoms with Crippen molar-refractivity contribution in [3.63, 3.8) is 0 Å². The van der Waals surface area contributed by atoms with Gasteiger partial charge in [-0.1, -0.05) is 18.2 Å². The van der Waals surface area contributed by atoms with Crippen molar-refractivity contribution in [2.24, 2.45) is 10.7 Å². The van der Waals surface area contributed by atoms with E-state index in [1.165, 1.54) is 11.6 Å². The quantitative estimate of drug-likeness (QED) is 0.715. The van der Waals surface area contributed by atoms with Crippen molar-refractivity contribution < 1.29 is 4.21 Å². The summed E-state index contributed by atoms with van der Waals surface area (Å²) in [5.41, 5.74) is 6.16. The molecule has 1 aliphatic heterocycles. The van der Waals surface area contributed by atoms with Crippen molar-refractivity contribution in [2.75, 3.05) is 0 Å². The molecule has 0 saturated heterocycles. The highest BCUT2D eigenvalue weighted by Gasteiger charge is 2.02. The first kappa shape index (κ1) is 10.6. The zero-order valence-electron chi connectivity index (χ0n) is 8.33. The number of aliphatic imine (C=N–C) groups is 1. The third-order valence-electron chi connectivity index (χ3n) is 1.94. The molecule has 0 fully saturated rings. The molecule has 6 heteroatoms. The Morgan fingerprint density at radius 2 is 2.12 bits per heavy atom. The van der Waals surface area contributed by atoms with Gasteiger partial charge in [-0.05, 0) is 6.07 Å². The summed E-state index contributed by atoms with van der Waals surface area (Å²) in [5.74, 6) is 0. The van der Waals surface area contributed by atoms with E-state index in [0.717, 1.165) is 10.9 Å². The van der Waals surface area contributed by atoms with Crippen molar-refractivity contribution >= 4 is 26.9 Å². The third-order valence-corrected chi connectivity index (χ3v) is 2.83. The Labute approximate surface area is 94.5 Å². The van der Waals surface area contributed by atoms with E-state index >= 15 is 0 Å². The van der Waals surface area contributed by atoms with Gasteiger partial charge in [0.15, 0.2) is 5.17 Å². The molecule has 0 spiro atoms. The summed E-state index contributed by atoms with van der Waals surface area (Å²) in [6, 6.07) is 8.01. The topological polar surface area (TPSA) is 84.1 Å². The maximum Gasteiger partial charge on any atom is 0.194 e. The molecular formula is C10H10N4OS. The van der Waals surface area contributed by atoms with E-state index in [1.807, 2.05) is 30.5 Å². The molecule has 1 atom stereocenters. The summed E-state index contributed by atoms with van der Waals surface area (Å²) in [5, 5.41) is 9.54. The molecular weight excluding hydrogens is 224 g/mol. The van der Waals surface area contributed by atoms with Crippen LogP contribution in [0.2, 0.25) is 0 Å². The monoisotopic (exact) mass is 234 g/mol. The fraction of sp³-hybridized carbons (Fsp3) is 0. The predicted octanol–water partition coefficient (Wildman–Crippen LogP) is 1.10. The molecule has 0 radical (unpaired) electrons. The largest absolute Gasteiger partial charge is 0.376 e. The SMILES string of the molecule is NC1=NC=CS1=O.c1ccc2[nH]ncc2c1. The highest BCUT2D eigenvalue weighted by Crippen LogP contribution is 2.06. The van der Waals surface area contributed by atoms with Crippen LogP contribution in [0.25, 0.3) is 10.9 Å². The lowest BCUT2D eigenvalue weighted by Gasteiger charge is -1.81. The third kappa shape index (κ3) is 2.34. The van der Waals surface area contributed by atoms with E-state index in [0.29, 0.717) is 0 Å². The first-order valence-electron chi connectivity index (χ1n) is 4.56. The van der Waals surface area contributed by atoms with Crippen LogP contribution in [-0.2, 0) is 10.8 Å². The van der Waals surface area contributed by atoms with Gasteiger partial charge in [0.05, 0.1) is 11.7 Å². The Morgan fingerprint density at radius 3 is 2.69 bits per heavy atom. The van der Waals surface area contributed by atoms with Gasteiger partial charge >= 0.3 is 0 Å². The number of nitrogens with two attached hydrogens (primary N) is 1. The highest BCUT2D eigenvalue weighted by molar-refractivity contribution is 8.03. The van der Waals surface area contributed by atoms with Crippen molar-refractivity contribution in [1.29, 1.82) is 0 Å². The van der Waals surface area contributed by atoms with Crippen molar-refractivity contribution in [3.05, 3.63) is 42.1 Å². The lowest BCUT2D eigenvalue weighted by atomic mass is 10.3. The predicted molar refractivity (Wildman–Crippen MR) is 65.0 cm³/mol. The number of H-pyrrole nitrogens is 1. The van der Waals surface area contributed by atoms with E-state index in [1.54, 1.807) is 0 Å². The number of fused-ring (bicyclic) bond motifs is 1. The van der Waals surface area contributed by atoms with Crippen LogP contribution in [0.3, 0.4) is 0 Å². The number of para-hydroxylation sites is 1. The molecule has 0 saturated carbocycles. The van der Waals surface area contributed by atoms with Crippen LogP contribution >= 0.6 is 0 Å². The standard InChI is InChI=1S/C7H6N2.C3H4N2OS/c1-2-4-7-6(3-1)5-8-9-7;4-3-5-1-2-7(3)6/h1-5H,(H,8,9);1-2H,(H2,4,5). The molecule has 82 valence electrons. The van der Waals surface area contributed by atoms with Crippen LogP contribution in [-0.4, -0.2) is 19.6 Å². The molecule has 0 bridgehead atoms. The average molecular weight is 234 g/mol. The molecule has 3 N–H and O–H groups in total. The van der Waals surface area contributed by atoms with Crippen LogP contribution in [0.15, 0.2) is 47.1 Å². The minimum atomic E-state index is -1.12. The highest BCUT2D eigenvalue weighted by atomic mass is 32.2. The van der Waals surface area contributed by atoms with Crippen molar-refractivity contribution in [2.45, 2.75) is 0 Å². The Bertz CT molecular complexity index is 543. The van der Waals surface area contributed by atoms with Gasteiger partial charge in [0, 0.05) is 17.0 Å². The summed E-state index contributed by atoms with van der Waals surface area (Å²) in [6.45, 7) is 0. The summed E-state index contributed by atoms with van der Waals surface area (Å²) in [7, 11) is -1.12. The number of aromatic amines is 1. The van der Waals surface area contributed by atoms with Gasteiger partial charge in [0.1, 0.15) is 10.8 Å². The number of hydrogen-bond acceptors (Lipinski definition) is 4. The van der Waals surface area contributed by atoms with E-state index in [2.05, 4.69) is 15.2 Å². The average Bonchev–Trinajstić information content (AvgIpc) is 2.89. The Kier molecular flexibility index (Phi) is 3.11. The number of amidine groups is 1. The second-order valence-corrected chi connectivity index (χ2v) is 4.29. The molecule has 0 aliphatic carbocycles. The van der Waals surface area contributed by atoms with E-state index in [-0.39, 0.29) is 5.17 Å². The van der Waals surface area contributed by atoms with Gasteiger partial charge in [-0.25, -0.2) is 9.20 Å². The molecule has 2 heterocycles. The first-order valence-corrected chi connectivity index (χ1v) is 5.77. The number of nitrogens with one attached hydrogen (secondary N) is 1.